The number of rotatable bonds is 5. The fourth-order valence-electron chi connectivity index (χ4n) is 2.14. The third kappa shape index (κ3) is 3.05. The first kappa shape index (κ1) is 14.7. The minimum absolute atomic E-state index is 0.289. The molecule has 0 aliphatic rings. The van der Waals surface area contributed by atoms with Crippen molar-refractivity contribution in [3.8, 4) is 11.3 Å². The third-order valence-electron chi connectivity index (χ3n) is 3.21. The highest BCUT2D eigenvalue weighted by Gasteiger charge is 2.17. The molecule has 0 fully saturated rings. The summed E-state index contributed by atoms with van der Waals surface area (Å²) in [6.45, 7) is 4.78. The fourth-order valence-corrected chi connectivity index (χ4v) is 3.17. The molecule has 20 heavy (non-hydrogen) atoms. The van der Waals surface area contributed by atoms with Gasteiger partial charge < -0.3 is 10.8 Å². The first-order chi connectivity index (χ1) is 9.52. The summed E-state index contributed by atoms with van der Waals surface area (Å²) >= 11 is 1.68. The molecule has 1 aromatic carbocycles. The zero-order valence-corrected chi connectivity index (χ0v) is 12.4. The molecule has 0 amide bonds. The van der Waals surface area contributed by atoms with Gasteiger partial charge in [-0.25, -0.2) is 9.78 Å². The lowest BCUT2D eigenvalue weighted by molar-refractivity contribution is 0.0697. The SMILES string of the molecule is Cc1nc(-c2ccc(C(=O)O)cc2)c(C(C)CCN)s1. The van der Waals surface area contributed by atoms with Gasteiger partial charge in [0, 0.05) is 10.4 Å². The molecule has 0 bridgehead atoms. The largest absolute Gasteiger partial charge is 0.478 e. The summed E-state index contributed by atoms with van der Waals surface area (Å²) in [5.74, 6) is -0.553. The molecule has 4 nitrogen and oxygen atoms in total. The van der Waals surface area contributed by atoms with E-state index in [1.165, 1.54) is 4.88 Å². The zero-order valence-electron chi connectivity index (χ0n) is 11.6. The second kappa shape index (κ2) is 6.15. The molecular formula is C15H18N2O2S. The van der Waals surface area contributed by atoms with Crippen molar-refractivity contribution < 1.29 is 9.90 Å². The van der Waals surface area contributed by atoms with Gasteiger partial charge in [-0.1, -0.05) is 19.1 Å². The number of benzene rings is 1. The number of carbonyl (C=O) groups is 1. The number of aromatic nitrogens is 1. The Kier molecular flexibility index (Phi) is 4.52. The van der Waals surface area contributed by atoms with E-state index < -0.39 is 5.97 Å². The van der Waals surface area contributed by atoms with Crippen LogP contribution in [0.3, 0.4) is 0 Å². The summed E-state index contributed by atoms with van der Waals surface area (Å²) in [6.07, 6.45) is 0.918. The van der Waals surface area contributed by atoms with Crippen LogP contribution in [0.5, 0.6) is 0 Å². The topological polar surface area (TPSA) is 76.2 Å². The van der Waals surface area contributed by atoms with E-state index in [0.717, 1.165) is 22.7 Å². The van der Waals surface area contributed by atoms with E-state index in [0.29, 0.717) is 12.5 Å². The molecule has 5 heteroatoms. The average molecular weight is 290 g/mol. The molecule has 0 aliphatic carbocycles. The van der Waals surface area contributed by atoms with Crippen LogP contribution in [0.1, 0.15) is 39.5 Å². The van der Waals surface area contributed by atoms with Crippen molar-refractivity contribution in [2.24, 2.45) is 5.73 Å². The molecule has 1 aromatic heterocycles. The highest BCUT2D eigenvalue weighted by atomic mass is 32.1. The highest BCUT2D eigenvalue weighted by Crippen LogP contribution is 2.35. The van der Waals surface area contributed by atoms with Gasteiger partial charge in [-0.3, -0.25) is 0 Å². The number of aryl methyl sites for hydroxylation is 1. The Bertz CT molecular complexity index is 605. The van der Waals surface area contributed by atoms with Gasteiger partial charge in [0.05, 0.1) is 16.3 Å². The Morgan fingerprint density at radius 3 is 2.60 bits per heavy atom. The summed E-state index contributed by atoms with van der Waals surface area (Å²) in [7, 11) is 0. The molecule has 106 valence electrons. The van der Waals surface area contributed by atoms with Crippen molar-refractivity contribution in [3.63, 3.8) is 0 Å². The molecule has 2 rings (SSSR count). The molecule has 0 saturated carbocycles. The Balaban J connectivity index is 2.39. The van der Waals surface area contributed by atoms with Crippen LogP contribution >= 0.6 is 11.3 Å². The first-order valence-corrected chi connectivity index (χ1v) is 7.35. The molecule has 3 N–H and O–H groups in total. The molecule has 1 heterocycles. The quantitative estimate of drug-likeness (QED) is 0.886. The molecule has 1 unspecified atom stereocenters. The smallest absolute Gasteiger partial charge is 0.335 e. The van der Waals surface area contributed by atoms with Gasteiger partial charge in [0.25, 0.3) is 0 Å². The number of carboxylic acids is 1. The van der Waals surface area contributed by atoms with Gasteiger partial charge in [-0.05, 0) is 37.9 Å². The number of thiazole rings is 1. The van der Waals surface area contributed by atoms with Crippen molar-refractivity contribution in [3.05, 3.63) is 39.7 Å². The molecule has 1 atom stereocenters. The standard InChI is InChI=1S/C15H18N2O2S/c1-9(7-8-16)14-13(17-10(2)20-14)11-3-5-12(6-4-11)15(18)19/h3-6,9H,7-8,16H2,1-2H3,(H,18,19). The van der Waals surface area contributed by atoms with Gasteiger partial charge in [-0.15, -0.1) is 11.3 Å². The number of aromatic carboxylic acids is 1. The van der Waals surface area contributed by atoms with Crippen LogP contribution in [0.25, 0.3) is 11.3 Å². The molecule has 0 aliphatic heterocycles. The maximum Gasteiger partial charge on any atom is 0.335 e. The number of carboxylic acid groups (broad SMARTS) is 1. The first-order valence-electron chi connectivity index (χ1n) is 6.54. The predicted molar refractivity (Wildman–Crippen MR) is 81.3 cm³/mol. The van der Waals surface area contributed by atoms with Gasteiger partial charge in [0.1, 0.15) is 0 Å². The Hall–Kier alpha value is -1.72. The maximum absolute atomic E-state index is 10.9. The van der Waals surface area contributed by atoms with Gasteiger partial charge in [0.15, 0.2) is 0 Å². The lowest BCUT2D eigenvalue weighted by Crippen LogP contribution is -2.04. The van der Waals surface area contributed by atoms with Crippen LogP contribution in [0, 0.1) is 6.92 Å². The lowest BCUT2D eigenvalue weighted by atomic mass is 10.0. The van der Waals surface area contributed by atoms with Crippen molar-refractivity contribution in [2.75, 3.05) is 6.54 Å². The van der Waals surface area contributed by atoms with Crippen molar-refractivity contribution in [1.82, 2.24) is 4.98 Å². The Morgan fingerprint density at radius 1 is 1.40 bits per heavy atom. The van der Waals surface area contributed by atoms with Crippen molar-refractivity contribution >= 4 is 17.3 Å². The van der Waals surface area contributed by atoms with Crippen LogP contribution in [0.15, 0.2) is 24.3 Å². The van der Waals surface area contributed by atoms with Crippen LogP contribution in [-0.2, 0) is 0 Å². The summed E-state index contributed by atoms with van der Waals surface area (Å²) < 4.78 is 0. The lowest BCUT2D eigenvalue weighted by Gasteiger charge is -2.10. The predicted octanol–water partition coefficient (Wildman–Crippen LogP) is 3.27. The molecule has 2 aromatic rings. The summed E-state index contributed by atoms with van der Waals surface area (Å²) in [4.78, 5) is 16.7. The van der Waals surface area contributed by atoms with Crippen molar-refractivity contribution in [2.45, 2.75) is 26.2 Å². The monoisotopic (exact) mass is 290 g/mol. The van der Waals surface area contributed by atoms with E-state index in [-0.39, 0.29) is 5.56 Å². The number of hydrogen-bond acceptors (Lipinski definition) is 4. The van der Waals surface area contributed by atoms with E-state index in [1.807, 2.05) is 19.1 Å². The molecule has 0 saturated heterocycles. The highest BCUT2D eigenvalue weighted by molar-refractivity contribution is 7.12. The van der Waals surface area contributed by atoms with Crippen LogP contribution < -0.4 is 5.73 Å². The van der Waals surface area contributed by atoms with Gasteiger partial charge >= 0.3 is 5.97 Å². The van der Waals surface area contributed by atoms with Crippen LogP contribution in [-0.4, -0.2) is 22.6 Å². The molecular weight excluding hydrogens is 272 g/mol. The normalized spacial score (nSPS) is 12.3. The summed E-state index contributed by atoms with van der Waals surface area (Å²) in [6, 6.07) is 6.86. The number of hydrogen-bond donors (Lipinski definition) is 2. The van der Waals surface area contributed by atoms with Crippen molar-refractivity contribution in [1.29, 1.82) is 0 Å². The average Bonchev–Trinajstić information content (AvgIpc) is 2.81. The van der Waals surface area contributed by atoms with E-state index >= 15 is 0 Å². The summed E-state index contributed by atoms with van der Waals surface area (Å²) in [5.41, 5.74) is 7.83. The molecule has 0 radical (unpaired) electrons. The minimum atomic E-state index is -0.914. The van der Waals surface area contributed by atoms with Gasteiger partial charge in [-0.2, -0.15) is 0 Å². The van der Waals surface area contributed by atoms with Gasteiger partial charge in [0.2, 0.25) is 0 Å². The number of nitrogens with two attached hydrogens (primary N) is 1. The second-order valence-corrected chi connectivity index (χ2v) is 6.04. The Labute approximate surface area is 122 Å². The third-order valence-corrected chi connectivity index (χ3v) is 4.42. The maximum atomic E-state index is 10.9. The van der Waals surface area contributed by atoms with E-state index in [9.17, 15) is 4.79 Å². The fraction of sp³-hybridized carbons (Fsp3) is 0.333. The number of nitrogens with zero attached hydrogens (tertiary/aromatic N) is 1. The summed E-state index contributed by atoms with van der Waals surface area (Å²) in [5, 5.41) is 9.95. The van der Waals surface area contributed by atoms with Crippen LogP contribution in [0.4, 0.5) is 0 Å². The minimum Gasteiger partial charge on any atom is -0.478 e. The zero-order chi connectivity index (χ0) is 14.7. The van der Waals surface area contributed by atoms with E-state index in [4.69, 9.17) is 10.8 Å². The van der Waals surface area contributed by atoms with E-state index in [1.54, 1.807) is 23.5 Å². The van der Waals surface area contributed by atoms with E-state index in [2.05, 4.69) is 11.9 Å². The van der Waals surface area contributed by atoms with Crippen LogP contribution in [0.2, 0.25) is 0 Å². The second-order valence-electron chi connectivity index (χ2n) is 4.81. The Morgan fingerprint density at radius 2 is 2.05 bits per heavy atom. The molecule has 0 spiro atoms.